The molecule has 1 aromatic heterocycles. The van der Waals surface area contributed by atoms with Crippen LogP contribution in [0.25, 0.3) is 0 Å². The topological polar surface area (TPSA) is 74.3 Å². The number of hydrogen-bond acceptors (Lipinski definition) is 5. The third kappa shape index (κ3) is 3.93. The van der Waals surface area contributed by atoms with E-state index in [1.54, 1.807) is 25.1 Å². The van der Waals surface area contributed by atoms with Gasteiger partial charge in [0.1, 0.15) is 0 Å². The fourth-order valence-corrected chi connectivity index (χ4v) is 2.03. The first-order valence-corrected chi connectivity index (χ1v) is 6.20. The number of ether oxygens (including phenoxy) is 2. The van der Waals surface area contributed by atoms with E-state index in [2.05, 4.69) is 10.5 Å². The number of aromatic nitrogens is 2. The van der Waals surface area contributed by atoms with Crippen molar-refractivity contribution in [1.82, 2.24) is 15.2 Å². The predicted molar refractivity (Wildman–Crippen MR) is 70.3 cm³/mol. The van der Waals surface area contributed by atoms with Gasteiger partial charge in [-0.1, -0.05) is 11.6 Å². The maximum absolute atomic E-state index is 6.16. The largest absolute Gasteiger partial charge is 0.383 e. The van der Waals surface area contributed by atoms with Crippen LogP contribution in [0.1, 0.15) is 25.1 Å². The Kier molecular flexibility index (Phi) is 6.59. The van der Waals surface area contributed by atoms with Crippen LogP contribution in [0.15, 0.2) is 6.20 Å². The van der Waals surface area contributed by atoms with Crippen molar-refractivity contribution in [3.8, 4) is 0 Å². The van der Waals surface area contributed by atoms with Crippen LogP contribution in [0.5, 0.6) is 0 Å². The number of methoxy groups -OCH3 is 2. The van der Waals surface area contributed by atoms with Gasteiger partial charge in [0.15, 0.2) is 0 Å². The molecule has 104 valence electrons. The van der Waals surface area contributed by atoms with Crippen LogP contribution in [0, 0.1) is 0 Å². The third-order valence-electron chi connectivity index (χ3n) is 2.84. The number of nitrogens with two attached hydrogens (primary N) is 1. The molecule has 0 fully saturated rings. The molecule has 7 heteroatoms. The molecule has 2 atom stereocenters. The molecule has 0 radical (unpaired) electrons. The van der Waals surface area contributed by atoms with E-state index < -0.39 is 0 Å². The number of nitrogens with zero attached hydrogens (tertiary/aromatic N) is 2. The van der Waals surface area contributed by atoms with Crippen LogP contribution in [0.3, 0.4) is 0 Å². The molecule has 0 bridgehead atoms. The van der Waals surface area contributed by atoms with Gasteiger partial charge in [0.05, 0.1) is 42.2 Å². The Morgan fingerprint density at radius 2 is 2.28 bits per heavy atom. The van der Waals surface area contributed by atoms with Gasteiger partial charge in [0, 0.05) is 14.2 Å². The van der Waals surface area contributed by atoms with Gasteiger partial charge in [0.2, 0.25) is 0 Å². The molecule has 0 amide bonds. The molecule has 6 nitrogen and oxygen atoms in total. The monoisotopic (exact) mass is 276 g/mol. The van der Waals surface area contributed by atoms with Crippen molar-refractivity contribution in [3.63, 3.8) is 0 Å². The van der Waals surface area contributed by atoms with Gasteiger partial charge in [-0.3, -0.25) is 16.0 Å². The van der Waals surface area contributed by atoms with Crippen molar-refractivity contribution in [2.24, 2.45) is 5.84 Å². The summed E-state index contributed by atoms with van der Waals surface area (Å²) in [7, 11) is 3.32. The Morgan fingerprint density at radius 1 is 1.56 bits per heavy atom. The average Bonchev–Trinajstić information content (AvgIpc) is 2.74. The molecule has 0 aromatic carbocycles. The van der Waals surface area contributed by atoms with Crippen LogP contribution >= 0.6 is 11.6 Å². The van der Waals surface area contributed by atoms with Crippen LogP contribution in [-0.4, -0.2) is 36.7 Å². The molecule has 18 heavy (non-hydrogen) atoms. The summed E-state index contributed by atoms with van der Waals surface area (Å²) < 4.78 is 12.1. The minimum atomic E-state index is -0.105. The summed E-state index contributed by atoms with van der Waals surface area (Å²) >= 11 is 6.16. The number of nitrogens with one attached hydrogen (secondary N) is 1. The summed E-state index contributed by atoms with van der Waals surface area (Å²) in [5, 5.41) is 4.82. The SMILES string of the molecule is COCCn1ncc(Cl)c1C(CC(C)OC)NN. The molecule has 0 aliphatic heterocycles. The van der Waals surface area contributed by atoms with Gasteiger partial charge in [-0.2, -0.15) is 5.10 Å². The first kappa shape index (κ1) is 15.4. The molecule has 1 heterocycles. The zero-order chi connectivity index (χ0) is 13.5. The van der Waals surface area contributed by atoms with Crippen LogP contribution < -0.4 is 11.3 Å². The van der Waals surface area contributed by atoms with Crippen LogP contribution in [-0.2, 0) is 16.0 Å². The number of hydrazine groups is 1. The fraction of sp³-hybridized carbons (Fsp3) is 0.727. The molecule has 0 aliphatic carbocycles. The van der Waals surface area contributed by atoms with E-state index in [-0.39, 0.29) is 12.1 Å². The summed E-state index contributed by atoms with van der Waals surface area (Å²) in [6.07, 6.45) is 2.41. The fourth-order valence-electron chi connectivity index (χ4n) is 1.76. The van der Waals surface area contributed by atoms with E-state index in [0.717, 1.165) is 5.69 Å². The highest BCUT2D eigenvalue weighted by Gasteiger charge is 2.21. The number of hydrogen-bond donors (Lipinski definition) is 2. The van der Waals surface area contributed by atoms with Gasteiger partial charge in [-0.25, -0.2) is 0 Å². The molecule has 0 spiro atoms. The summed E-state index contributed by atoms with van der Waals surface area (Å²) in [5.74, 6) is 5.60. The maximum atomic E-state index is 6.16. The second-order valence-electron chi connectivity index (χ2n) is 4.09. The lowest BCUT2D eigenvalue weighted by atomic mass is 10.1. The van der Waals surface area contributed by atoms with Gasteiger partial charge in [-0.05, 0) is 13.3 Å². The normalized spacial score (nSPS) is 14.7. The van der Waals surface area contributed by atoms with Crippen molar-refractivity contribution in [2.45, 2.75) is 32.0 Å². The minimum absolute atomic E-state index is 0.0768. The Bertz CT molecular complexity index is 359. The first-order chi connectivity index (χ1) is 8.63. The van der Waals surface area contributed by atoms with E-state index in [1.807, 2.05) is 6.92 Å². The molecule has 0 aliphatic rings. The maximum Gasteiger partial charge on any atom is 0.0834 e. The van der Waals surface area contributed by atoms with Gasteiger partial charge < -0.3 is 9.47 Å². The summed E-state index contributed by atoms with van der Waals surface area (Å²) in [6.45, 7) is 3.19. The molecular formula is C11H21ClN4O2. The van der Waals surface area contributed by atoms with Gasteiger partial charge in [0.25, 0.3) is 0 Å². The molecule has 0 saturated carbocycles. The van der Waals surface area contributed by atoms with Crippen molar-refractivity contribution in [1.29, 1.82) is 0 Å². The van der Waals surface area contributed by atoms with E-state index in [4.69, 9.17) is 26.9 Å². The van der Waals surface area contributed by atoms with Gasteiger partial charge >= 0.3 is 0 Å². The molecule has 1 aromatic rings. The van der Waals surface area contributed by atoms with Crippen molar-refractivity contribution < 1.29 is 9.47 Å². The molecular weight excluding hydrogens is 256 g/mol. The lowest BCUT2D eigenvalue weighted by Crippen LogP contribution is -2.33. The molecule has 3 N–H and O–H groups in total. The Hall–Kier alpha value is -0.660. The third-order valence-corrected chi connectivity index (χ3v) is 3.13. The minimum Gasteiger partial charge on any atom is -0.383 e. The summed E-state index contributed by atoms with van der Waals surface area (Å²) in [6, 6.07) is -0.105. The lowest BCUT2D eigenvalue weighted by Gasteiger charge is -2.21. The summed E-state index contributed by atoms with van der Waals surface area (Å²) in [5.41, 5.74) is 3.62. The van der Waals surface area contributed by atoms with E-state index >= 15 is 0 Å². The van der Waals surface area contributed by atoms with E-state index in [1.165, 1.54) is 0 Å². The van der Waals surface area contributed by atoms with Crippen molar-refractivity contribution in [2.75, 3.05) is 20.8 Å². The second kappa shape index (κ2) is 7.70. The zero-order valence-corrected chi connectivity index (χ0v) is 11.8. The summed E-state index contributed by atoms with van der Waals surface area (Å²) in [4.78, 5) is 0. The van der Waals surface area contributed by atoms with Crippen molar-refractivity contribution in [3.05, 3.63) is 16.9 Å². The standard InChI is InChI=1S/C11H21ClN4O2/c1-8(18-3)6-10(15-13)11-9(12)7-14-16(11)4-5-17-2/h7-8,10,15H,4-6,13H2,1-3H3. The van der Waals surface area contributed by atoms with Crippen LogP contribution in [0.4, 0.5) is 0 Å². The molecule has 0 saturated heterocycles. The first-order valence-electron chi connectivity index (χ1n) is 5.83. The smallest absolute Gasteiger partial charge is 0.0834 e. The highest BCUT2D eigenvalue weighted by molar-refractivity contribution is 6.31. The Balaban J connectivity index is 2.86. The second-order valence-corrected chi connectivity index (χ2v) is 4.50. The lowest BCUT2D eigenvalue weighted by molar-refractivity contribution is 0.0989. The highest BCUT2D eigenvalue weighted by atomic mass is 35.5. The zero-order valence-electron chi connectivity index (χ0n) is 11.0. The average molecular weight is 277 g/mol. The van der Waals surface area contributed by atoms with E-state index in [9.17, 15) is 0 Å². The molecule has 1 rings (SSSR count). The van der Waals surface area contributed by atoms with E-state index in [0.29, 0.717) is 24.6 Å². The van der Waals surface area contributed by atoms with Crippen LogP contribution in [0.2, 0.25) is 5.02 Å². The predicted octanol–water partition coefficient (Wildman–Crippen LogP) is 1.11. The Labute approximate surface area is 112 Å². The quantitative estimate of drug-likeness (QED) is 0.550. The van der Waals surface area contributed by atoms with Gasteiger partial charge in [-0.15, -0.1) is 0 Å². The molecule has 2 unspecified atom stereocenters. The number of rotatable bonds is 8. The number of halogens is 1. The highest BCUT2D eigenvalue weighted by Crippen LogP contribution is 2.26. The van der Waals surface area contributed by atoms with Crippen molar-refractivity contribution >= 4 is 11.6 Å². The Morgan fingerprint density at radius 3 is 2.83 bits per heavy atom.